The zero-order chi connectivity index (χ0) is 20.1. The molecule has 2 aromatic rings. The van der Waals surface area contributed by atoms with Crippen LogP contribution in [0, 0.1) is 10.1 Å². The van der Waals surface area contributed by atoms with Crippen molar-refractivity contribution >= 4 is 11.4 Å². The first kappa shape index (κ1) is 19.8. The molecule has 0 aliphatic carbocycles. The van der Waals surface area contributed by atoms with Gasteiger partial charge in [0.15, 0.2) is 0 Å². The quantitative estimate of drug-likeness (QED) is 0.562. The lowest BCUT2D eigenvalue weighted by Gasteiger charge is -2.34. The average Bonchev–Trinajstić information content (AvgIpc) is 2.70. The molecule has 1 N–H and O–H groups in total. The predicted molar refractivity (Wildman–Crippen MR) is 103 cm³/mol. The molecule has 0 saturated carbocycles. The topological polar surface area (TPSA) is 92.3 Å². The summed E-state index contributed by atoms with van der Waals surface area (Å²) in [7, 11) is 1.35. The largest absolute Gasteiger partial charge is 0.865 e. The van der Waals surface area contributed by atoms with Crippen molar-refractivity contribution < 1.29 is 24.4 Å². The van der Waals surface area contributed by atoms with E-state index in [9.17, 15) is 15.2 Å². The molecule has 0 spiro atoms. The van der Waals surface area contributed by atoms with Crippen molar-refractivity contribution in [3.63, 3.8) is 0 Å². The summed E-state index contributed by atoms with van der Waals surface area (Å²) in [6.07, 6.45) is 0. The third-order valence-electron chi connectivity index (χ3n) is 4.94. The van der Waals surface area contributed by atoms with Gasteiger partial charge in [0.2, 0.25) is 0 Å². The number of anilines is 1. The Balaban J connectivity index is 1.68. The molecule has 28 heavy (non-hydrogen) atoms. The fraction of sp³-hybridized carbons (Fsp3) is 0.400. The molecule has 1 heterocycles. The molecule has 1 aliphatic heterocycles. The van der Waals surface area contributed by atoms with Crippen molar-refractivity contribution in [2.45, 2.75) is 13.5 Å². The average molecular weight is 387 g/mol. The molecule has 8 nitrogen and oxygen atoms in total. The summed E-state index contributed by atoms with van der Waals surface area (Å²) in [6, 6.07) is 11.0. The van der Waals surface area contributed by atoms with Gasteiger partial charge in [-0.25, -0.2) is 0 Å². The van der Waals surface area contributed by atoms with Gasteiger partial charge in [0, 0.05) is 17.4 Å². The van der Waals surface area contributed by atoms with Gasteiger partial charge in [0.1, 0.15) is 18.0 Å². The van der Waals surface area contributed by atoms with Crippen LogP contribution in [-0.2, 0) is 6.54 Å². The Bertz CT molecular complexity index is 835. The van der Waals surface area contributed by atoms with E-state index in [1.165, 1.54) is 18.1 Å². The van der Waals surface area contributed by atoms with Crippen LogP contribution in [0.3, 0.4) is 0 Å². The number of nitro benzene ring substituents is 1. The lowest BCUT2D eigenvalue weighted by Crippen LogP contribution is -3.13. The highest BCUT2D eigenvalue weighted by Crippen LogP contribution is 2.34. The molecule has 0 unspecified atom stereocenters. The number of ether oxygens (including phenoxy) is 2. The van der Waals surface area contributed by atoms with Gasteiger partial charge in [-0.3, -0.25) is 10.1 Å². The van der Waals surface area contributed by atoms with E-state index < -0.39 is 16.4 Å². The second-order valence-electron chi connectivity index (χ2n) is 6.72. The van der Waals surface area contributed by atoms with Crippen LogP contribution in [0.2, 0.25) is 0 Å². The van der Waals surface area contributed by atoms with Crippen LogP contribution in [0.4, 0.5) is 11.4 Å². The molecule has 0 aromatic heterocycles. The van der Waals surface area contributed by atoms with E-state index in [1.807, 2.05) is 25.1 Å². The van der Waals surface area contributed by atoms with Crippen LogP contribution >= 0.6 is 0 Å². The highest BCUT2D eigenvalue weighted by atomic mass is 16.6. The van der Waals surface area contributed by atoms with Gasteiger partial charge in [-0.05, 0) is 25.1 Å². The summed E-state index contributed by atoms with van der Waals surface area (Å²) in [5.41, 5.74) is 1.40. The maximum Gasteiger partial charge on any atom is 0.265 e. The van der Waals surface area contributed by atoms with Gasteiger partial charge in [-0.15, -0.1) is 0 Å². The predicted octanol–water partition coefficient (Wildman–Crippen LogP) is 0.981. The van der Waals surface area contributed by atoms with Crippen molar-refractivity contribution in [1.29, 1.82) is 0 Å². The summed E-state index contributed by atoms with van der Waals surface area (Å²) in [5, 5.41) is 23.1. The van der Waals surface area contributed by atoms with Crippen LogP contribution in [0.1, 0.15) is 12.5 Å². The number of benzene rings is 2. The van der Waals surface area contributed by atoms with E-state index in [2.05, 4.69) is 11.0 Å². The molecule has 0 atom stereocenters. The Morgan fingerprint density at radius 1 is 1.18 bits per heavy atom. The monoisotopic (exact) mass is 387 g/mol. The van der Waals surface area contributed by atoms with Crippen LogP contribution in [-0.4, -0.2) is 44.8 Å². The number of rotatable bonds is 7. The second kappa shape index (κ2) is 8.79. The van der Waals surface area contributed by atoms with Crippen LogP contribution < -0.4 is 24.4 Å². The number of para-hydroxylation sites is 2. The standard InChI is InChI=1S/C20H25N3O5/c1-3-28-18-7-5-4-6-16(18)22-10-8-21(9-11-22)14-15-12-17(23(25)26)20(24)19(13-15)27-2/h4-7,12-13,24H,3,8-11,14H2,1-2H3. The number of nitro groups is 1. The van der Waals surface area contributed by atoms with E-state index in [0.29, 0.717) is 13.2 Å². The SMILES string of the molecule is CCOc1ccccc1N1CC[NH+](Cc2cc(OC)c([O-])c([N+](=O)[O-])c2)CC1. The Morgan fingerprint density at radius 3 is 2.54 bits per heavy atom. The molecule has 8 heteroatoms. The summed E-state index contributed by atoms with van der Waals surface area (Å²) >= 11 is 0. The lowest BCUT2D eigenvalue weighted by molar-refractivity contribution is -0.914. The highest BCUT2D eigenvalue weighted by Gasteiger charge is 2.23. The summed E-state index contributed by atoms with van der Waals surface area (Å²) in [6.45, 7) is 6.69. The second-order valence-corrected chi connectivity index (χ2v) is 6.72. The van der Waals surface area contributed by atoms with E-state index in [0.717, 1.165) is 43.2 Å². The molecule has 0 amide bonds. The normalized spacial score (nSPS) is 14.7. The summed E-state index contributed by atoms with van der Waals surface area (Å²) < 4.78 is 10.8. The van der Waals surface area contributed by atoms with Crippen LogP contribution in [0.5, 0.6) is 17.2 Å². The highest BCUT2D eigenvalue weighted by molar-refractivity contribution is 5.58. The minimum Gasteiger partial charge on any atom is -0.865 e. The molecule has 2 aromatic carbocycles. The Labute approximate surface area is 164 Å². The Hall–Kier alpha value is -3.00. The number of nitrogens with zero attached hydrogens (tertiary/aromatic N) is 2. The fourth-order valence-corrected chi connectivity index (χ4v) is 3.56. The maximum absolute atomic E-state index is 12.0. The zero-order valence-corrected chi connectivity index (χ0v) is 16.1. The number of hydrogen-bond donors (Lipinski definition) is 1. The molecule has 0 bridgehead atoms. The van der Waals surface area contributed by atoms with E-state index in [4.69, 9.17) is 9.47 Å². The third-order valence-corrected chi connectivity index (χ3v) is 4.94. The molecule has 1 aliphatic rings. The van der Waals surface area contributed by atoms with Crippen molar-refractivity contribution in [1.82, 2.24) is 0 Å². The first-order chi connectivity index (χ1) is 13.5. The molecule has 150 valence electrons. The van der Waals surface area contributed by atoms with E-state index >= 15 is 0 Å². The van der Waals surface area contributed by atoms with Crippen molar-refractivity contribution in [2.24, 2.45) is 0 Å². The van der Waals surface area contributed by atoms with Gasteiger partial charge in [-0.1, -0.05) is 12.1 Å². The van der Waals surface area contributed by atoms with Gasteiger partial charge in [0.05, 0.1) is 50.5 Å². The maximum atomic E-state index is 12.0. The van der Waals surface area contributed by atoms with Gasteiger partial charge < -0.3 is 24.4 Å². The van der Waals surface area contributed by atoms with Crippen LogP contribution in [0.15, 0.2) is 36.4 Å². The van der Waals surface area contributed by atoms with E-state index in [-0.39, 0.29) is 5.75 Å². The molecular formula is C20H25N3O5. The van der Waals surface area contributed by atoms with Gasteiger partial charge in [0.25, 0.3) is 5.69 Å². The number of methoxy groups -OCH3 is 1. The Kier molecular flexibility index (Phi) is 6.20. The first-order valence-corrected chi connectivity index (χ1v) is 9.36. The fourth-order valence-electron chi connectivity index (χ4n) is 3.56. The van der Waals surface area contributed by atoms with Crippen molar-refractivity contribution in [3.05, 3.63) is 52.1 Å². The van der Waals surface area contributed by atoms with Crippen LogP contribution in [0.25, 0.3) is 0 Å². The molecular weight excluding hydrogens is 362 g/mol. The van der Waals surface area contributed by atoms with Gasteiger partial charge in [-0.2, -0.15) is 0 Å². The number of nitrogens with one attached hydrogen (secondary N) is 1. The third kappa shape index (κ3) is 4.28. The lowest BCUT2D eigenvalue weighted by atomic mass is 10.1. The smallest absolute Gasteiger partial charge is 0.265 e. The van der Waals surface area contributed by atoms with Crippen molar-refractivity contribution in [2.75, 3.05) is 44.8 Å². The molecule has 0 radical (unpaired) electrons. The van der Waals surface area contributed by atoms with E-state index in [1.54, 1.807) is 6.07 Å². The van der Waals surface area contributed by atoms with Crippen molar-refractivity contribution in [3.8, 4) is 17.2 Å². The molecule has 3 rings (SSSR count). The minimum absolute atomic E-state index is 0.0212. The Morgan fingerprint density at radius 2 is 1.89 bits per heavy atom. The number of hydrogen-bond acceptors (Lipinski definition) is 6. The summed E-state index contributed by atoms with van der Waals surface area (Å²) in [5.74, 6) is 0.233. The van der Waals surface area contributed by atoms with Gasteiger partial charge >= 0.3 is 0 Å². The number of piperazine rings is 1. The number of quaternary nitrogens is 1. The zero-order valence-electron chi connectivity index (χ0n) is 16.1. The summed E-state index contributed by atoms with van der Waals surface area (Å²) in [4.78, 5) is 14.1. The minimum atomic E-state index is -0.677. The molecule has 1 fully saturated rings. The molecule has 1 saturated heterocycles. The first-order valence-electron chi connectivity index (χ1n) is 9.36.